The summed E-state index contributed by atoms with van der Waals surface area (Å²) in [5.41, 5.74) is 3.14. The largest absolute Gasteiger partial charge is 0.375 e. The van der Waals surface area contributed by atoms with Gasteiger partial charge in [-0.1, -0.05) is 18.9 Å². The third kappa shape index (κ3) is 3.02. The molecule has 5 rings (SSSR count). The Morgan fingerprint density at radius 1 is 1.12 bits per heavy atom. The fourth-order valence-corrected chi connectivity index (χ4v) is 6.41. The minimum absolute atomic E-state index is 0.124. The van der Waals surface area contributed by atoms with Crippen molar-refractivity contribution in [2.75, 3.05) is 13.2 Å². The molecule has 3 aliphatic rings. The van der Waals surface area contributed by atoms with E-state index in [1.54, 1.807) is 10.4 Å². The first kappa shape index (κ1) is 16.9. The molecule has 1 spiro atoms. The minimum Gasteiger partial charge on any atom is -0.375 e. The van der Waals surface area contributed by atoms with E-state index in [0.717, 1.165) is 39.1 Å². The van der Waals surface area contributed by atoms with Crippen LogP contribution in [-0.2, 0) is 23.2 Å². The van der Waals surface area contributed by atoms with E-state index in [1.165, 1.54) is 37.8 Å². The molecule has 0 N–H and O–H groups in total. The van der Waals surface area contributed by atoms with Crippen LogP contribution >= 0.6 is 11.3 Å². The van der Waals surface area contributed by atoms with E-state index in [1.807, 2.05) is 23.6 Å². The molecular weight excluding hydrogens is 340 g/mol. The fraction of sp³-hybridized carbons (Fsp3) is 0.591. The normalized spacial score (nSPS) is 27.8. The van der Waals surface area contributed by atoms with Gasteiger partial charge in [0, 0.05) is 41.9 Å². The number of hydrogen-bond acceptors (Lipinski definition) is 4. The molecule has 26 heavy (non-hydrogen) atoms. The molecule has 0 amide bonds. The third-order valence-corrected chi connectivity index (χ3v) is 7.83. The maximum absolute atomic E-state index is 6.37. The molecule has 2 aromatic rings. The summed E-state index contributed by atoms with van der Waals surface area (Å²) < 4.78 is 6.37. The van der Waals surface area contributed by atoms with Gasteiger partial charge in [0.05, 0.1) is 5.60 Å². The Balaban J connectivity index is 1.37. The van der Waals surface area contributed by atoms with Gasteiger partial charge >= 0.3 is 0 Å². The highest BCUT2D eigenvalue weighted by Crippen LogP contribution is 2.50. The molecule has 0 radical (unpaired) electrons. The third-order valence-electron chi connectivity index (χ3n) is 6.88. The second-order valence-electron chi connectivity index (χ2n) is 8.49. The van der Waals surface area contributed by atoms with Gasteiger partial charge in [0.25, 0.3) is 0 Å². The summed E-state index contributed by atoms with van der Waals surface area (Å²) in [7, 11) is 0. The molecule has 0 bridgehead atoms. The number of rotatable bonds is 4. The Kier molecular flexibility index (Phi) is 4.38. The smallest absolute Gasteiger partial charge is 0.0691 e. The number of nitrogens with zero attached hydrogens (tertiary/aromatic N) is 2. The van der Waals surface area contributed by atoms with E-state index >= 15 is 0 Å². The number of aromatic nitrogens is 1. The van der Waals surface area contributed by atoms with Gasteiger partial charge in [-0.3, -0.25) is 9.88 Å². The highest BCUT2D eigenvalue weighted by Gasteiger charge is 2.48. The summed E-state index contributed by atoms with van der Waals surface area (Å²) >= 11 is 1.91. The second kappa shape index (κ2) is 6.74. The Hall–Kier alpha value is -1.23. The highest BCUT2D eigenvalue weighted by molar-refractivity contribution is 7.10. The van der Waals surface area contributed by atoms with Crippen molar-refractivity contribution < 1.29 is 4.74 Å². The van der Waals surface area contributed by atoms with E-state index < -0.39 is 0 Å². The molecule has 1 saturated carbocycles. The average molecular weight is 369 g/mol. The lowest BCUT2D eigenvalue weighted by Gasteiger charge is -2.47. The van der Waals surface area contributed by atoms with Crippen molar-refractivity contribution in [3.63, 3.8) is 0 Å². The van der Waals surface area contributed by atoms with Crippen molar-refractivity contribution in [2.24, 2.45) is 0 Å². The van der Waals surface area contributed by atoms with Crippen molar-refractivity contribution >= 4 is 11.3 Å². The standard InChI is InChI=1S/C22H28N2OS/c1-4-11-23-20(5-1)21(10-13-25-22(17-21)7-2-3-8-22)9-12-24-15-18-6-14-26-19(18)16-24/h1,4-6,11,14H,2-3,7-10,12-13,15-17H2/t21-/m1/s1. The van der Waals surface area contributed by atoms with Gasteiger partial charge in [0.2, 0.25) is 0 Å². The first-order valence-electron chi connectivity index (χ1n) is 10.1. The summed E-state index contributed by atoms with van der Waals surface area (Å²) in [5, 5.41) is 2.24. The van der Waals surface area contributed by atoms with Gasteiger partial charge in [-0.25, -0.2) is 0 Å². The molecule has 3 nitrogen and oxygen atoms in total. The van der Waals surface area contributed by atoms with E-state index in [-0.39, 0.29) is 11.0 Å². The van der Waals surface area contributed by atoms with Crippen LogP contribution in [0.1, 0.15) is 61.1 Å². The van der Waals surface area contributed by atoms with Gasteiger partial charge < -0.3 is 4.74 Å². The molecule has 0 unspecified atom stereocenters. The van der Waals surface area contributed by atoms with Crippen LogP contribution in [0.15, 0.2) is 35.8 Å². The van der Waals surface area contributed by atoms with Gasteiger partial charge in [0.1, 0.15) is 0 Å². The van der Waals surface area contributed by atoms with Crippen LogP contribution in [0.2, 0.25) is 0 Å². The van der Waals surface area contributed by atoms with Crippen molar-refractivity contribution in [3.8, 4) is 0 Å². The summed E-state index contributed by atoms with van der Waals surface area (Å²) in [5.74, 6) is 0. The van der Waals surface area contributed by atoms with Crippen LogP contribution in [-0.4, -0.2) is 28.6 Å². The monoisotopic (exact) mass is 368 g/mol. The number of thiophene rings is 1. The Morgan fingerprint density at radius 2 is 2.04 bits per heavy atom. The molecule has 2 aromatic heterocycles. The second-order valence-corrected chi connectivity index (χ2v) is 9.49. The molecule has 1 atom stereocenters. The molecule has 138 valence electrons. The highest BCUT2D eigenvalue weighted by atomic mass is 32.1. The summed E-state index contributed by atoms with van der Waals surface area (Å²) in [4.78, 5) is 9.03. The average Bonchev–Trinajstić information content (AvgIpc) is 3.38. The van der Waals surface area contributed by atoms with Crippen LogP contribution < -0.4 is 0 Å². The number of pyridine rings is 1. The zero-order valence-electron chi connectivity index (χ0n) is 15.5. The molecule has 0 aromatic carbocycles. The molecule has 2 fully saturated rings. The fourth-order valence-electron chi connectivity index (χ4n) is 5.47. The Labute approximate surface area is 160 Å². The molecule has 4 heteroatoms. The quantitative estimate of drug-likeness (QED) is 0.767. The number of fused-ring (bicyclic) bond motifs is 1. The lowest BCUT2D eigenvalue weighted by atomic mass is 9.68. The Morgan fingerprint density at radius 3 is 2.85 bits per heavy atom. The molecule has 2 aliphatic heterocycles. The van der Waals surface area contributed by atoms with Crippen molar-refractivity contribution in [2.45, 2.75) is 69.1 Å². The van der Waals surface area contributed by atoms with Crippen molar-refractivity contribution in [1.82, 2.24) is 9.88 Å². The summed E-state index contributed by atoms with van der Waals surface area (Å²) in [6, 6.07) is 8.76. The van der Waals surface area contributed by atoms with Crippen LogP contribution in [0.5, 0.6) is 0 Å². The van der Waals surface area contributed by atoms with Crippen LogP contribution in [0.25, 0.3) is 0 Å². The van der Waals surface area contributed by atoms with E-state index in [0.29, 0.717) is 0 Å². The summed E-state index contributed by atoms with van der Waals surface area (Å²) in [6.07, 6.45) is 10.6. The topological polar surface area (TPSA) is 25.4 Å². The van der Waals surface area contributed by atoms with E-state index in [4.69, 9.17) is 9.72 Å². The van der Waals surface area contributed by atoms with Gasteiger partial charge in [0.15, 0.2) is 0 Å². The van der Waals surface area contributed by atoms with Gasteiger partial charge in [-0.2, -0.15) is 0 Å². The van der Waals surface area contributed by atoms with Crippen LogP contribution in [0.3, 0.4) is 0 Å². The van der Waals surface area contributed by atoms with E-state index in [2.05, 4.69) is 28.5 Å². The van der Waals surface area contributed by atoms with Crippen LogP contribution in [0.4, 0.5) is 0 Å². The predicted octanol–water partition coefficient (Wildman–Crippen LogP) is 4.91. The maximum Gasteiger partial charge on any atom is 0.0691 e. The van der Waals surface area contributed by atoms with Crippen LogP contribution in [0, 0.1) is 0 Å². The van der Waals surface area contributed by atoms with Crippen molar-refractivity contribution in [3.05, 3.63) is 52.0 Å². The lowest BCUT2D eigenvalue weighted by Crippen LogP contribution is -2.47. The first-order valence-corrected chi connectivity index (χ1v) is 11.0. The zero-order valence-corrected chi connectivity index (χ0v) is 16.3. The Bertz CT molecular complexity index is 732. The lowest BCUT2D eigenvalue weighted by molar-refractivity contribution is -0.105. The molecule has 1 saturated heterocycles. The molecule has 1 aliphatic carbocycles. The number of hydrogen-bond donors (Lipinski definition) is 0. The minimum atomic E-state index is 0.124. The molecular formula is C22H28N2OS. The number of ether oxygens (including phenoxy) is 1. The van der Waals surface area contributed by atoms with Gasteiger partial charge in [-0.05, 0) is 67.8 Å². The zero-order chi connectivity index (χ0) is 17.5. The van der Waals surface area contributed by atoms with Crippen molar-refractivity contribution in [1.29, 1.82) is 0 Å². The SMILES string of the molecule is c1ccc([C@]2(CCN3Cc4ccsc4C3)CCOC3(CCCC3)C2)nc1. The maximum atomic E-state index is 6.37. The first-order chi connectivity index (χ1) is 12.8. The van der Waals surface area contributed by atoms with Gasteiger partial charge in [-0.15, -0.1) is 11.3 Å². The van der Waals surface area contributed by atoms with E-state index in [9.17, 15) is 0 Å². The summed E-state index contributed by atoms with van der Waals surface area (Å²) in [6.45, 7) is 4.31. The molecule has 4 heterocycles. The predicted molar refractivity (Wildman–Crippen MR) is 105 cm³/mol.